The number of carbonyl (C=O) groups excluding carboxylic acids is 1. The first-order valence-corrected chi connectivity index (χ1v) is 6.40. The largest absolute Gasteiger partial charge is 0.348 e. The number of nitrogens with one attached hydrogen (secondary N) is 1. The monoisotopic (exact) mass is 340 g/mol. The average Bonchev–Trinajstić information content (AvgIpc) is 2.45. The molecule has 1 amide bonds. The van der Waals surface area contributed by atoms with Crippen LogP contribution >= 0.6 is 43.2 Å². The minimum Gasteiger partial charge on any atom is -0.348 e. The lowest BCUT2D eigenvalue weighted by molar-refractivity contribution is 0.0941. The van der Waals surface area contributed by atoms with Crippen LogP contribution in [0.15, 0.2) is 13.6 Å². The quantitative estimate of drug-likeness (QED) is 0.886. The zero-order valence-corrected chi connectivity index (χ0v) is 11.5. The molecule has 0 aliphatic carbocycles. The van der Waals surface area contributed by atoms with Gasteiger partial charge in [0.05, 0.1) is 13.1 Å². The first kappa shape index (κ1) is 12.2. The standard InChI is InChI=1S/C8H10Br2N2OS/c1-4(3-11)12-8(13)5-2-6(9)14-7(5)10/h2,4H,3,11H2,1H3,(H,12,13)/t4-/m0/s1. The molecule has 1 aromatic rings. The van der Waals surface area contributed by atoms with Gasteiger partial charge in [-0.1, -0.05) is 0 Å². The maximum Gasteiger partial charge on any atom is 0.253 e. The van der Waals surface area contributed by atoms with Crippen LogP contribution in [0.3, 0.4) is 0 Å². The van der Waals surface area contributed by atoms with Crippen LogP contribution in [0.1, 0.15) is 17.3 Å². The van der Waals surface area contributed by atoms with E-state index in [0.717, 1.165) is 7.57 Å². The van der Waals surface area contributed by atoms with Crippen molar-refractivity contribution >= 4 is 49.1 Å². The van der Waals surface area contributed by atoms with Gasteiger partial charge in [0.2, 0.25) is 0 Å². The summed E-state index contributed by atoms with van der Waals surface area (Å²) < 4.78 is 1.75. The van der Waals surface area contributed by atoms with Crippen LogP contribution in [0.5, 0.6) is 0 Å². The van der Waals surface area contributed by atoms with Crippen molar-refractivity contribution in [2.24, 2.45) is 5.73 Å². The SMILES string of the molecule is C[C@@H](CN)NC(=O)c1cc(Br)sc1Br. The van der Waals surface area contributed by atoms with Gasteiger partial charge in [-0.25, -0.2) is 0 Å². The zero-order chi connectivity index (χ0) is 10.7. The number of nitrogens with two attached hydrogens (primary N) is 1. The van der Waals surface area contributed by atoms with Gasteiger partial charge in [0.1, 0.15) is 0 Å². The minimum absolute atomic E-state index is 0.00641. The minimum atomic E-state index is -0.100. The third kappa shape index (κ3) is 3.05. The molecular formula is C8H10Br2N2OS. The van der Waals surface area contributed by atoms with Crippen molar-refractivity contribution in [3.63, 3.8) is 0 Å². The van der Waals surface area contributed by atoms with Crippen LogP contribution in [0.2, 0.25) is 0 Å². The number of amides is 1. The fraction of sp³-hybridized carbons (Fsp3) is 0.375. The third-order valence-corrected chi connectivity index (χ3v) is 3.97. The Morgan fingerprint density at radius 1 is 1.71 bits per heavy atom. The highest BCUT2D eigenvalue weighted by Crippen LogP contribution is 2.31. The topological polar surface area (TPSA) is 55.1 Å². The number of hydrogen-bond acceptors (Lipinski definition) is 3. The molecule has 14 heavy (non-hydrogen) atoms. The number of halogens is 2. The molecule has 0 aliphatic heterocycles. The van der Waals surface area contributed by atoms with Gasteiger partial charge in [0, 0.05) is 12.6 Å². The van der Waals surface area contributed by atoms with E-state index in [-0.39, 0.29) is 11.9 Å². The van der Waals surface area contributed by atoms with Crippen molar-refractivity contribution < 1.29 is 4.79 Å². The van der Waals surface area contributed by atoms with Crippen LogP contribution in [0.4, 0.5) is 0 Å². The number of thiophene rings is 1. The Labute approximate surface area is 103 Å². The van der Waals surface area contributed by atoms with Crippen LogP contribution in [0.25, 0.3) is 0 Å². The molecule has 0 saturated carbocycles. The molecule has 78 valence electrons. The van der Waals surface area contributed by atoms with E-state index in [9.17, 15) is 4.79 Å². The van der Waals surface area contributed by atoms with Gasteiger partial charge >= 0.3 is 0 Å². The molecule has 0 saturated heterocycles. The molecule has 0 bridgehead atoms. The summed E-state index contributed by atoms with van der Waals surface area (Å²) in [6, 6.07) is 1.78. The summed E-state index contributed by atoms with van der Waals surface area (Å²) in [6.45, 7) is 2.31. The Hall–Kier alpha value is 0.0900. The van der Waals surface area contributed by atoms with E-state index in [4.69, 9.17) is 5.73 Å². The van der Waals surface area contributed by atoms with Gasteiger partial charge in [-0.3, -0.25) is 4.79 Å². The average molecular weight is 342 g/mol. The van der Waals surface area contributed by atoms with E-state index < -0.39 is 0 Å². The highest BCUT2D eigenvalue weighted by Gasteiger charge is 2.14. The molecule has 1 aromatic heterocycles. The number of rotatable bonds is 3. The Morgan fingerprint density at radius 2 is 2.36 bits per heavy atom. The lowest BCUT2D eigenvalue weighted by Crippen LogP contribution is -2.37. The third-order valence-electron chi connectivity index (χ3n) is 1.63. The Kier molecular flexibility index (Phi) is 4.56. The van der Waals surface area contributed by atoms with E-state index in [0.29, 0.717) is 12.1 Å². The predicted octanol–water partition coefficient (Wildman–Crippen LogP) is 2.35. The lowest BCUT2D eigenvalue weighted by atomic mass is 10.3. The lowest BCUT2D eigenvalue weighted by Gasteiger charge is -2.10. The summed E-state index contributed by atoms with van der Waals surface area (Å²) in [5.74, 6) is -0.100. The summed E-state index contributed by atoms with van der Waals surface area (Å²) in [5.41, 5.74) is 6.05. The normalized spacial score (nSPS) is 12.6. The fourth-order valence-electron chi connectivity index (χ4n) is 0.856. The smallest absolute Gasteiger partial charge is 0.253 e. The molecule has 1 heterocycles. The van der Waals surface area contributed by atoms with E-state index in [1.807, 2.05) is 6.92 Å². The fourth-order valence-corrected chi connectivity index (χ4v) is 3.65. The number of carbonyl (C=O) groups is 1. The second kappa shape index (κ2) is 5.25. The van der Waals surface area contributed by atoms with E-state index in [2.05, 4.69) is 37.2 Å². The predicted molar refractivity (Wildman–Crippen MR) is 65.7 cm³/mol. The summed E-state index contributed by atoms with van der Waals surface area (Å²) in [5, 5.41) is 2.79. The van der Waals surface area contributed by atoms with Crippen molar-refractivity contribution in [1.82, 2.24) is 5.32 Å². The zero-order valence-electron chi connectivity index (χ0n) is 7.51. The number of hydrogen-bond donors (Lipinski definition) is 2. The summed E-state index contributed by atoms with van der Waals surface area (Å²) in [6.07, 6.45) is 0. The van der Waals surface area contributed by atoms with Crippen molar-refractivity contribution in [1.29, 1.82) is 0 Å². The van der Waals surface area contributed by atoms with Gasteiger partial charge in [0.15, 0.2) is 0 Å². The second-order valence-electron chi connectivity index (χ2n) is 2.85. The second-order valence-corrected chi connectivity index (χ2v) is 6.60. The van der Waals surface area contributed by atoms with Gasteiger partial charge in [0.25, 0.3) is 5.91 Å². The van der Waals surface area contributed by atoms with E-state index in [1.54, 1.807) is 6.07 Å². The highest BCUT2D eigenvalue weighted by molar-refractivity contribution is 9.12. The molecule has 0 radical (unpaired) electrons. The van der Waals surface area contributed by atoms with Crippen molar-refractivity contribution in [2.75, 3.05) is 6.54 Å². The Bertz CT molecular complexity index is 340. The molecule has 3 nitrogen and oxygen atoms in total. The highest BCUT2D eigenvalue weighted by atomic mass is 79.9. The molecule has 0 aromatic carbocycles. The maximum absolute atomic E-state index is 11.6. The molecule has 0 spiro atoms. The maximum atomic E-state index is 11.6. The van der Waals surface area contributed by atoms with Gasteiger partial charge in [-0.2, -0.15) is 0 Å². The molecular weight excluding hydrogens is 332 g/mol. The van der Waals surface area contributed by atoms with Crippen LogP contribution in [-0.4, -0.2) is 18.5 Å². The Balaban J connectivity index is 2.74. The summed E-state index contributed by atoms with van der Waals surface area (Å²) in [7, 11) is 0. The van der Waals surface area contributed by atoms with Crippen molar-refractivity contribution in [2.45, 2.75) is 13.0 Å². The Morgan fingerprint density at radius 3 is 2.79 bits per heavy atom. The first-order valence-electron chi connectivity index (χ1n) is 4.00. The van der Waals surface area contributed by atoms with Crippen LogP contribution in [-0.2, 0) is 0 Å². The van der Waals surface area contributed by atoms with Crippen LogP contribution < -0.4 is 11.1 Å². The van der Waals surface area contributed by atoms with E-state index >= 15 is 0 Å². The molecule has 6 heteroatoms. The molecule has 1 atom stereocenters. The summed E-state index contributed by atoms with van der Waals surface area (Å²) in [4.78, 5) is 11.6. The van der Waals surface area contributed by atoms with Gasteiger partial charge in [-0.05, 0) is 44.8 Å². The molecule has 3 N–H and O–H groups in total. The molecule has 0 aliphatic rings. The molecule has 1 rings (SSSR count). The molecule has 0 unspecified atom stereocenters. The molecule has 0 fully saturated rings. The van der Waals surface area contributed by atoms with Crippen molar-refractivity contribution in [3.8, 4) is 0 Å². The van der Waals surface area contributed by atoms with Gasteiger partial charge < -0.3 is 11.1 Å². The first-order chi connectivity index (χ1) is 6.54. The van der Waals surface area contributed by atoms with E-state index in [1.165, 1.54) is 11.3 Å². The van der Waals surface area contributed by atoms with Crippen molar-refractivity contribution in [3.05, 3.63) is 19.2 Å². The van der Waals surface area contributed by atoms with Crippen LogP contribution in [0, 0.1) is 0 Å². The van der Waals surface area contributed by atoms with Gasteiger partial charge in [-0.15, -0.1) is 11.3 Å². The summed E-state index contributed by atoms with van der Waals surface area (Å²) >= 11 is 8.12.